The lowest BCUT2D eigenvalue weighted by Gasteiger charge is -2.11. The molecule has 0 aliphatic carbocycles. The van der Waals surface area contributed by atoms with E-state index in [1.165, 1.54) is 0 Å². The molecule has 0 unspecified atom stereocenters. The van der Waals surface area contributed by atoms with Crippen molar-refractivity contribution in [1.82, 2.24) is 9.97 Å². The highest BCUT2D eigenvalue weighted by atomic mass is 127. The maximum Gasteiger partial charge on any atom is 0.264 e. The number of nitrogens with zero attached hydrogens (tertiary/aromatic N) is 1. The number of aromatic amines is 1. The predicted octanol–water partition coefficient (Wildman–Crippen LogP) is 4.54. The van der Waals surface area contributed by atoms with Gasteiger partial charge in [0.2, 0.25) is 0 Å². The summed E-state index contributed by atoms with van der Waals surface area (Å²) >= 11 is 5.62. The van der Waals surface area contributed by atoms with Crippen LogP contribution in [0.3, 0.4) is 0 Å². The molecule has 2 aromatic rings. The standard InChI is InChI=1S/C15H16BrIN2O/c1-7(2)13-12(17)15(20)19-14(18-13)10-5-8(3)11(16)9(4)6-10/h5-7H,1-4H3,(H,18,19,20). The monoisotopic (exact) mass is 446 g/mol. The number of hydrogen-bond donors (Lipinski definition) is 1. The molecular formula is C15H16BrIN2O. The third-order valence-electron chi connectivity index (χ3n) is 3.15. The Morgan fingerprint density at radius 2 is 1.80 bits per heavy atom. The summed E-state index contributed by atoms with van der Waals surface area (Å²) in [6.45, 7) is 8.17. The number of benzene rings is 1. The zero-order chi connectivity index (χ0) is 15.0. The Morgan fingerprint density at radius 3 is 2.30 bits per heavy atom. The van der Waals surface area contributed by atoms with Crippen LogP contribution in [-0.4, -0.2) is 9.97 Å². The number of halogens is 2. The molecule has 0 spiro atoms. The molecule has 2 rings (SSSR count). The molecule has 1 aromatic carbocycles. The topological polar surface area (TPSA) is 45.8 Å². The van der Waals surface area contributed by atoms with Gasteiger partial charge in [0.05, 0.1) is 9.26 Å². The number of nitrogens with one attached hydrogen (secondary N) is 1. The first-order valence-electron chi connectivity index (χ1n) is 6.38. The van der Waals surface area contributed by atoms with Gasteiger partial charge in [0.1, 0.15) is 5.82 Å². The summed E-state index contributed by atoms with van der Waals surface area (Å²) < 4.78 is 1.77. The van der Waals surface area contributed by atoms with Crippen LogP contribution in [0.1, 0.15) is 36.6 Å². The van der Waals surface area contributed by atoms with Gasteiger partial charge in [-0.2, -0.15) is 0 Å². The lowest BCUT2D eigenvalue weighted by Crippen LogP contribution is -2.17. The first kappa shape index (κ1) is 15.7. The first-order valence-corrected chi connectivity index (χ1v) is 8.25. The molecule has 0 bridgehead atoms. The third kappa shape index (κ3) is 2.98. The van der Waals surface area contributed by atoms with Crippen LogP contribution >= 0.6 is 38.5 Å². The van der Waals surface area contributed by atoms with Gasteiger partial charge in [-0.05, 0) is 65.6 Å². The van der Waals surface area contributed by atoms with E-state index in [1.54, 1.807) is 0 Å². The van der Waals surface area contributed by atoms with Crippen molar-refractivity contribution in [3.05, 3.63) is 47.4 Å². The Kier molecular flexibility index (Phi) is 4.69. The van der Waals surface area contributed by atoms with E-state index in [0.29, 0.717) is 9.39 Å². The molecule has 0 amide bonds. The molecule has 0 atom stereocenters. The quantitative estimate of drug-likeness (QED) is 0.688. The molecule has 1 heterocycles. The van der Waals surface area contributed by atoms with Gasteiger partial charge in [0.25, 0.3) is 5.56 Å². The average Bonchev–Trinajstić information content (AvgIpc) is 2.38. The minimum absolute atomic E-state index is 0.0717. The van der Waals surface area contributed by atoms with E-state index in [4.69, 9.17) is 0 Å². The molecule has 0 fully saturated rings. The summed E-state index contributed by atoms with van der Waals surface area (Å²) in [5.41, 5.74) is 3.98. The maximum absolute atomic E-state index is 12.1. The summed E-state index contributed by atoms with van der Waals surface area (Å²) in [5.74, 6) is 0.860. The SMILES string of the molecule is Cc1cc(-c2nc(C(C)C)c(I)c(=O)[nH]2)cc(C)c1Br. The van der Waals surface area contributed by atoms with Gasteiger partial charge < -0.3 is 4.98 Å². The molecule has 20 heavy (non-hydrogen) atoms. The van der Waals surface area contributed by atoms with E-state index in [-0.39, 0.29) is 11.5 Å². The fourth-order valence-corrected chi connectivity index (χ4v) is 3.19. The van der Waals surface area contributed by atoms with Crippen molar-refractivity contribution in [1.29, 1.82) is 0 Å². The van der Waals surface area contributed by atoms with Crippen LogP contribution in [0.25, 0.3) is 11.4 Å². The summed E-state index contributed by atoms with van der Waals surface area (Å²) in [6.07, 6.45) is 0. The minimum atomic E-state index is -0.0717. The molecule has 1 aromatic heterocycles. The highest BCUT2D eigenvalue weighted by molar-refractivity contribution is 14.1. The second-order valence-electron chi connectivity index (χ2n) is 5.19. The molecule has 106 valence electrons. The summed E-state index contributed by atoms with van der Waals surface area (Å²) in [7, 11) is 0. The van der Waals surface area contributed by atoms with E-state index in [0.717, 1.165) is 26.9 Å². The van der Waals surface area contributed by atoms with E-state index < -0.39 is 0 Å². The number of rotatable bonds is 2. The minimum Gasteiger partial charge on any atom is -0.306 e. The van der Waals surface area contributed by atoms with Gasteiger partial charge in [0.15, 0.2) is 0 Å². The molecule has 0 radical (unpaired) electrons. The van der Waals surface area contributed by atoms with E-state index >= 15 is 0 Å². The predicted molar refractivity (Wildman–Crippen MR) is 94.3 cm³/mol. The highest BCUT2D eigenvalue weighted by Crippen LogP contribution is 2.27. The average molecular weight is 447 g/mol. The van der Waals surface area contributed by atoms with Gasteiger partial charge in [-0.15, -0.1) is 0 Å². The van der Waals surface area contributed by atoms with Crippen LogP contribution in [0.4, 0.5) is 0 Å². The Bertz CT molecular complexity index is 699. The number of aryl methyl sites for hydroxylation is 2. The number of aromatic nitrogens is 2. The zero-order valence-corrected chi connectivity index (χ0v) is 15.6. The van der Waals surface area contributed by atoms with E-state index in [2.05, 4.69) is 48.5 Å². The van der Waals surface area contributed by atoms with Crippen molar-refractivity contribution in [2.75, 3.05) is 0 Å². The van der Waals surface area contributed by atoms with Crippen LogP contribution in [0.2, 0.25) is 0 Å². The van der Waals surface area contributed by atoms with Crippen LogP contribution < -0.4 is 5.56 Å². The molecule has 0 aliphatic heterocycles. The van der Waals surface area contributed by atoms with E-state index in [1.807, 2.05) is 39.8 Å². The van der Waals surface area contributed by atoms with Crippen molar-refractivity contribution in [2.45, 2.75) is 33.6 Å². The first-order chi connectivity index (χ1) is 9.31. The zero-order valence-electron chi connectivity index (χ0n) is 11.8. The van der Waals surface area contributed by atoms with Gasteiger partial charge >= 0.3 is 0 Å². The lowest BCUT2D eigenvalue weighted by atomic mass is 10.1. The fraction of sp³-hybridized carbons (Fsp3) is 0.333. The van der Waals surface area contributed by atoms with Gasteiger partial charge in [-0.3, -0.25) is 4.79 Å². The summed E-state index contributed by atoms with van der Waals surface area (Å²) in [4.78, 5) is 19.6. The number of hydrogen-bond acceptors (Lipinski definition) is 2. The fourth-order valence-electron chi connectivity index (χ4n) is 2.08. The smallest absolute Gasteiger partial charge is 0.264 e. The summed E-state index contributed by atoms with van der Waals surface area (Å²) in [6, 6.07) is 4.07. The van der Waals surface area contributed by atoms with Crippen molar-refractivity contribution < 1.29 is 0 Å². The summed E-state index contributed by atoms with van der Waals surface area (Å²) in [5, 5.41) is 0. The van der Waals surface area contributed by atoms with Crippen LogP contribution in [-0.2, 0) is 0 Å². The molecular weight excluding hydrogens is 431 g/mol. The molecule has 0 aliphatic rings. The van der Waals surface area contributed by atoms with Crippen LogP contribution in [0.5, 0.6) is 0 Å². The Labute approximate surface area is 140 Å². The molecule has 3 nitrogen and oxygen atoms in total. The lowest BCUT2D eigenvalue weighted by molar-refractivity contribution is 0.802. The van der Waals surface area contributed by atoms with E-state index in [9.17, 15) is 4.79 Å². The Hall–Kier alpha value is -0.690. The second kappa shape index (κ2) is 5.97. The molecule has 5 heteroatoms. The van der Waals surface area contributed by atoms with Crippen molar-refractivity contribution in [3.8, 4) is 11.4 Å². The van der Waals surface area contributed by atoms with Crippen molar-refractivity contribution in [3.63, 3.8) is 0 Å². The Balaban J connectivity index is 2.68. The van der Waals surface area contributed by atoms with Crippen LogP contribution in [0, 0.1) is 17.4 Å². The second-order valence-corrected chi connectivity index (χ2v) is 7.06. The normalized spacial score (nSPS) is 11.2. The Morgan fingerprint density at radius 1 is 1.25 bits per heavy atom. The molecule has 0 saturated heterocycles. The van der Waals surface area contributed by atoms with Crippen molar-refractivity contribution in [2.24, 2.45) is 0 Å². The van der Waals surface area contributed by atoms with Crippen molar-refractivity contribution >= 4 is 38.5 Å². The largest absolute Gasteiger partial charge is 0.306 e. The molecule has 1 N–H and O–H groups in total. The number of H-pyrrole nitrogens is 1. The molecule has 0 saturated carbocycles. The highest BCUT2D eigenvalue weighted by Gasteiger charge is 2.14. The van der Waals surface area contributed by atoms with Gasteiger partial charge in [-0.1, -0.05) is 29.8 Å². The van der Waals surface area contributed by atoms with Crippen LogP contribution in [0.15, 0.2) is 21.4 Å². The maximum atomic E-state index is 12.1. The van der Waals surface area contributed by atoms with Gasteiger partial charge in [0, 0.05) is 10.0 Å². The third-order valence-corrected chi connectivity index (χ3v) is 5.44. The van der Waals surface area contributed by atoms with Gasteiger partial charge in [-0.25, -0.2) is 4.98 Å².